The average Bonchev–Trinajstić information content (AvgIpc) is 2.67. The van der Waals surface area contributed by atoms with Crippen LogP contribution in [0.25, 0.3) is 0 Å². The van der Waals surface area contributed by atoms with Crippen molar-refractivity contribution in [3.05, 3.63) is 11.9 Å². The van der Waals surface area contributed by atoms with Gasteiger partial charge in [-0.3, -0.25) is 0 Å². The topological polar surface area (TPSA) is 63.0 Å². The zero-order valence-corrected chi connectivity index (χ0v) is 7.48. The highest BCUT2D eigenvalue weighted by atomic mass is 16.3. The molecule has 0 amide bonds. The molecule has 5 nitrogen and oxygen atoms in total. The molecule has 0 atom stereocenters. The van der Waals surface area contributed by atoms with E-state index in [1.807, 2.05) is 10.9 Å². The van der Waals surface area contributed by atoms with Crippen LogP contribution < -0.4 is 5.32 Å². The molecule has 1 aliphatic rings. The molecule has 2 rings (SSSR count). The molecule has 72 valence electrons. The first-order valence-electron chi connectivity index (χ1n) is 4.62. The first-order valence-corrected chi connectivity index (χ1v) is 4.62. The summed E-state index contributed by atoms with van der Waals surface area (Å²) in [6, 6.07) is 0.453. The summed E-state index contributed by atoms with van der Waals surface area (Å²) in [4.78, 5) is 0. The van der Waals surface area contributed by atoms with E-state index in [0.29, 0.717) is 11.7 Å². The van der Waals surface area contributed by atoms with Crippen LogP contribution in [0.1, 0.15) is 24.6 Å². The molecule has 0 spiro atoms. The van der Waals surface area contributed by atoms with Crippen LogP contribution in [0.3, 0.4) is 0 Å². The zero-order valence-electron chi connectivity index (χ0n) is 7.48. The van der Waals surface area contributed by atoms with Gasteiger partial charge in [-0.05, 0) is 25.9 Å². The average molecular weight is 182 g/mol. The van der Waals surface area contributed by atoms with Gasteiger partial charge in [0.15, 0.2) is 0 Å². The molecule has 1 aliphatic heterocycles. The summed E-state index contributed by atoms with van der Waals surface area (Å²) in [6.45, 7) is 2.06. The second-order valence-corrected chi connectivity index (χ2v) is 3.33. The van der Waals surface area contributed by atoms with E-state index < -0.39 is 0 Å². The predicted octanol–water partition coefficient (Wildman–Crippen LogP) is -0.305. The standard InChI is InChI=1S/C8H14N4O/c13-6-7-5-12(11-10-7)8-1-3-9-4-2-8/h5,8-9,13H,1-4,6H2. The van der Waals surface area contributed by atoms with E-state index in [2.05, 4.69) is 15.6 Å². The van der Waals surface area contributed by atoms with Gasteiger partial charge in [0.1, 0.15) is 5.69 Å². The van der Waals surface area contributed by atoms with E-state index in [0.717, 1.165) is 25.9 Å². The Bertz CT molecular complexity index is 267. The highest BCUT2D eigenvalue weighted by Gasteiger charge is 2.15. The summed E-state index contributed by atoms with van der Waals surface area (Å²) < 4.78 is 1.87. The summed E-state index contributed by atoms with van der Waals surface area (Å²) in [6.07, 6.45) is 4.01. The fourth-order valence-electron chi connectivity index (χ4n) is 1.64. The van der Waals surface area contributed by atoms with Crippen LogP contribution in [-0.4, -0.2) is 33.2 Å². The number of aliphatic hydroxyl groups excluding tert-OH is 1. The predicted molar refractivity (Wildman–Crippen MR) is 47.1 cm³/mol. The van der Waals surface area contributed by atoms with Gasteiger partial charge in [-0.25, -0.2) is 4.68 Å². The van der Waals surface area contributed by atoms with Crippen molar-refractivity contribution in [2.24, 2.45) is 0 Å². The third-order valence-electron chi connectivity index (χ3n) is 2.40. The van der Waals surface area contributed by atoms with E-state index >= 15 is 0 Å². The molecule has 0 unspecified atom stereocenters. The molecule has 2 N–H and O–H groups in total. The van der Waals surface area contributed by atoms with E-state index in [9.17, 15) is 0 Å². The Morgan fingerprint density at radius 3 is 2.92 bits per heavy atom. The molecule has 0 aromatic carbocycles. The van der Waals surface area contributed by atoms with Crippen LogP contribution in [0.2, 0.25) is 0 Å². The molecule has 1 saturated heterocycles. The zero-order chi connectivity index (χ0) is 9.10. The molecule has 1 aromatic rings. The molecule has 13 heavy (non-hydrogen) atoms. The lowest BCUT2D eigenvalue weighted by atomic mass is 10.1. The second kappa shape index (κ2) is 3.85. The maximum Gasteiger partial charge on any atom is 0.108 e. The molecule has 0 saturated carbocycles. The van der Waals surface area contributed by atoms with Crippen LogP contribution in [0.5, 0.6) is 0 Å². The lowest BCUT2D eigenvalue weighted by Gasteiger charge is -2.22. The monoisotopic (exact) mass is 182 g/mol. The van der Waals surface area contributed by atoms with Gasteiger partial charge in [-0.1, -0.05) is 5.21 Å². The van der Waals surface area contributed by atoms with Gasteiger partial charge in [0.25, 0.3) is 0 Å². The summed E-state index contributed by atoms with van der Waals surface area (Å²) in [5, 5.41) is 20.0. The van der Waals surface area contributed by atoms with E-state index in [4.69, 9.17) is 5.11 Å². The third-order valence-corrected chi connectivity index (χ3v) is 2.40. The SMILES string of the molecule is OCc1cn(C2CCNCC2)nn1. The maximum absolute atomic E-state index is 8.82. The largest absolute Gasteiger partial charge is 0.390 e. The molecule has 0 radical (unpaired) electrons. The lowest BCUT2D eigenvalue weighted by Crippen LogP contribution is -2.29. The summed E-state index contributed by atoms with van der Waals surface area (Å²) in [5.74, 6) is 0. The molecule has 0 aliphatic carbocycles. The Balaban J connectivity index is 2.05. The number of aliphatic hydroxyl groups is 1. The number of hydrogen-bond acceptors (Lipinski definition) is 4. The quantitative estimate of drug-likeness (QED) is 0.659. The van der Waals surface area contributed by atoms with Crippen molar-refractivity contribution in [2.75, 3.05) is 13.1 Å². The Hall–Kier alpha value is -0.940. The van der Waals surface area contributed by atoms with Crippen molar-refractivity contribution in [2.45, 2.75) is 25.5 Å². The van der Waals surface area contributed by atoms with E-state index in [1.165, 1.54) is 0 Å². The summed E-state index contributed by atoms with van der Waals surface area (Å²) in [5.41, 5.74) is 0.651. The Labute approximate surface area is 76.8 Å². The van der Waals surface area contributed by atoms with Crippen LogP contribution in [-0.2, 0) is 6.61 Å². The molecular weight excluding hydrogens is 168 g/mol. The van der Waals surface area contributed by atoms with Crippen molar-refractivity contribution in [3.63, 3.8) is 0 Å². The van der Waals surface area contributed by atoms with Crippen LogP contribution in [0.4, 0.5) is 0 Å². The number of hydrogen-bond donors (Lipinski definition) is 2. The fourth-order valence-corrected chi connectivity index (χ4v) is 1.64. The van der Waals surface area contributed by atoms with Gasteiger partial charge in [0.05, 0.1) is 18.8 Å². The normalized spacial score (nSPS) is 19.2. The van der Waals surface area contributed by atoms with E-state index in [-0.39, 0.29) is 6.61 Å². The number of aromatic nitrogens is 3. The first-order chi connectivity index (χ1) is 6.40. The van der Waals surface area contributed by atoms with Gasteiger partial charge in [-0.15, -0.1) is 5.10 Å². The minimum absolute atomic E-state index is 0.0228. The third kappa shape index (κ3) is 1.87. The molecule has 0 bridgehead atoms. The van der Waals surface area contributed by atoms with Gasteiger partial charge < -0.3 is 10.4 Å². The Morgan fingerprint density at radius 1 is 1.54 bits per heavy atom. The number of rotatable bonds is 2. The van der Waals surface area contributed by atoms with Gasteiger partial charge in [-0.2, -0.15) is 0 Å². The van der Waals surface area contributed by atoms with Crippen LogP contribution in [0, 0.1) is 0 Å². The van der Waals surface area contributed by atoms with Crippen molar-refractivity contribution in [1.29, 1.82) is 0 Å². The van der Waals surface area contributed by atoms with Crippen LogP contribution in [0.15, 0.2) is 6.20 Å². The van der Waals surface area contributed by atoms with Crippen molar-refractivity contribution in [3.8, 4) is 0 Å². The highest BCUT2D eigenvalue weighted by Crippen LogP contribution is 2.16. The molecule has 2 heterocycles. The van der Waals surface area contributed by atoms with Gasteiger partial charge >= 0.3 is 0 Å². The second-order valence-electron chi connectivity index (χ2n) is 3.33. The highest BCUT2D eigenvalue weighted by molar-refractivity contribution is 4.91. The summed E-state index contributed by atoms with van der Waals surface area (Å²) >= 11 is 0. The minimum atomic E-state index is -0.0228. The van der Waals surface area contributed by atoms with Crippen molar-refractivity contribution >= 4 is 0 Å². The molecular formula is C8H14N4O. The number of piperidine rings is 1. The molecule has 1 fully saturated rings. The first kappa shape index (κ1) is 8.65. The fraction of sp³-hybridized carbons (Fsp3) is 0.750. The van der Waals surface area contributed by atoms with E-state index in [1.54, 1.807) is 0 Å². The smallest absolute Gasteiger partial charge is 0.108 e. The Morgan fingerprint density at radius 2 is 2.31 bits per heavy atom. The van der Waals surface area contributed by atoms with Gasteiger partial charge in [0, 0.05) is 0 Å². The van der Waals surface area contributed by atoms with Crippen LogP contribution >= 0.6 is 0 Å². The number of nitrogens with zero attached hydrogens (tertiary/aromatic N) is 3. The Kier molecular flexibility index (Phi) is 2.56. The molecule has 1 aromatic heterocycles. The maximum atomic E-state index is 8.82. The molecule has 5 heteroatoms. The van der Waals surface area contributed by atoms with Gasteiger partial charge in [0.2, 0.25) is 0 Å². The summed E-state index contributed by atoms with van der Waals surface area (Å²) in [7, 11) is 0. The van der Waals surface area contributed by atoms with Crippen molar-refractivity contribution in [1.82, 2.24) is 20.3 Å². The lowest BCUT2D eigenvalue weighted by molar-refractivity contribution is 0.276. The number of nitrogens with one attached hydrogen (secondary N) is 1. The van der Waals surface area contributed by atoms with Crippen molar-refractivity contribution < 1.29 is 5.11 Å². The minimum Gasteiger partial charge on any atom is -0.390 e.